The molecule has 3 heterocycles. The van der Waals surface area contributed by atoms with E-state index < -0.39 is 9.84 Å². The van der Waals surface area contributed by atoms with E-state index in [9.17, 15) is 18.0 Å². The number of fused-ring (bicyclic) bond motifs is 3. The van der Waals surface area contributed by atoms with Gasteiger partial charge in [-0.3, -0.25) is 14.2 Å². The third kappa shape index (κ3) is 4.61. The summed E-state index contributed by atoms with van der Waals surface area (Å²) in [6, 6.07) is 9.02. The number of sulfone groups is 1. The highest BCUT2D eigenvalue weighted by molar-refractivity contribution is 7.99. The fourth-order valence-electron chi connectivity index (χ4n) is 4.58. The largest absolute Gasteiger partial charge is 0.352 e. The van der Waals surface area contributed by atoms with E-state index in [1.165, 1.54) is 16.6 Å². The Morgan fingerprint density at radius 3 is 2.79 bits per heavy atom. The maximum absolute atomic E-state index is 13.7. The van der Waals surface area contributed by atoms with Crippen molar-refractivity contribution in [3.05, 3.63) is 51.1 Å². The Hall–Kier alpha value is -2.17. The molecule has 1 aliphatic heterocycles. The normalized spacial score (nSPS) is 21.7. The Balaban J connectivity index is 1.48. The number of aromatic nitrogens is 2. The summed E-state index contributed by atoms with van der Waals surface area (Å²) in [6.07, 6.45) is 3.37. The number of thioether (sulfide) groups is 1. The van der Waals surface area contributed by atoms with Gasteiger partial charge < -0.3 is 5.32 Å². The number of hydrogen-bond donors (Lipinski definition) is 1. The lowest BCUT2D eigenvalue weighted by Crippen LogP contribution is -2.36. The van der Waals surface area contributed by atoms with Crippen molar-refractivity contribution in [2.75, 3.05) is 17.3 Å². The van der Waals surface area contributed by atoms with Crippen LogP contribution in [0.15, 0.2) is 40.3 Å². The quantitative estimate of drug-likeness (QED) is 0.425. The Bertz CT molecular complexity index is 1380. The summed E-state index contributed by atoms with van der Waals surface area (Å²) < 4.78 is 24.9. The van der Waals surface area contributed by atoms with Gasteiger partial charge in [-0.25, -0.2) is 13.4 Å². The highest BCUT2D eigenvalue weighted by Gasteiger charge is 2.29. The molecule has 1 amide bonds. The second-order valence-electron chi connectivity index (χ2n) is 8.86. The van der Waals surface area contributed by atoms with Gasteiger partial charge in [0.05, 0.1) is 28.3 Å². The fraction of sp³-hybridized carbons (Fsp3) is 0.435. The van der Waals surface area contributed by atoms with Gasteiger partial charge in [-0.1, -0.05) is 36.9 Å². The number of amides is 1. The average molecular weight is 504 g/mol. The Morgan fingerprint density at radius 2 is 2.06 bits per heavy atom. The minimum absolute atomic E-state index is 0.0124. The molecular weight excluding hydrogens is 478 g/mol. The monoisotopic (exact) mass is 503 g/mol. The number of carbonyl (C=O) groups excluding carboxylic acids is 1. The number of benzene rings is 1. The Labute approximate surface area is 200 Å². The number of hydrogen-bond acceptors (Lipinski definition) is 7. The van der Waals surface area contributed by atoms with Crippen LogP contribution in [0, 0.1) is 5.92 Å². The lowest BCUT2D eigenvalue weighted by Gasteiger charge is -2.18. The highest BCUT2D eigenvalue weighted by Crippen LogP contribution is 2.37. The molecule has 2 atom stereocenters. The second kappa shape index (κ2) is 8.88. The van der Waals surface area contributed by atoms with E-state index in [0.717, 1.165) is 29.7 Å². The summed E-state index contributed by atoms with van der Waals surface area (Å²) in [5.41, 5.74) is 1.75. The molecule has 33 heavy (non-hydrogen) atoms. The molecule has 7 nitrogen and oxygen atoms in total. The molecule has 1 N–H and O–H groups in total. The fourth-order valence-corrected chi connectivity index (χ4v) is 8.50. The molecule has 10 heteroatoms. The van der Waals surface area contributed by atoms with E-state index in [2.05, 4.69) is 12.2 Å². The molecule has 2 aromatic heterocycles. The number of para-hydroxylation sites is 1. The van der Waals surface area contributed by atoms with Crippen molar-refractivity contribution in [2.45, 2.75) is 43.8 Å². The van der Waals surface area contributed by atoms with Gasteiger partial charge in [-0.05, 0) is 49.3 Å². The molecule has 174 valence electrons. The lowest BCUT2D eigenvalue weighted by molar-refractivity contribution is -0.119. The van der Waals surface area contributed by atoms with Crippen molar-refractivity contribution >= 4 is 49.1 Å². The number of rotatable bonds is 5. The molecule has 0 unspecified atom stereocenters. The zero-order valence-electron chi connectivity index (χ0n) is 18.2. The third-order valence-electron chi connectivity index (χ3n) is 6.24. The maximum Gasteiger partial charge on any atom is 0.267 e. The van der Waals surface area contributed by atoms with Crippen molar-refractivity contribution in [2.24, 2.45) is 5.92 Å². The van der Waals surface area contributed by atoms with Gasteiger partial charge in [0, 0.05) is 10.9 Å². The van der Waals surface area contributed by atoms with Crippen molar-refractivity contribution < 1.29 is 13.2 Å². The maximum atomic E-state index is 13.7. The molecule has 0 radical (unpaired) electrons. The first-order chi connectivity index (χ1) is 15.8. The van der Waals surface area contributed by atoms with Crippen molar-refractivity contribution in [1.29, 1.82) is 0 Å². The topological polar surface area (TPSA) is 98.1 Å². The minimum Gasteiger partial charge on any atom is -0.352 e. The number of thiophene rings is 1. The van der Waals surface area contributed by atoms with Gasteiger partial charge in [-0.15, -0.1) is 11.3 Å². The van der Waals surface area contributed by atoms with Crippen LogP contribution < -0.4 is 10.9 Å². The SMILES string of the molecule is C[C@H]1CCc2c(sc3nc(SCC(=O)N[C@H]4CCS(=O)(=O)C4)n(-c4ccccc4)c(=O)c23)C1. The summed E-state index contributed by atoms with van der Waals surface area (Å²) in [4.78, 5) is 33.1. The van der Waals surface area contributed by atoms with Crippen LogP contribution in [0.2, 0.25) is 0 Å². The Kier molecular flexibility index (Phi) is 6.09. The average Bonchev–Trinajstić information content (AvgIpc) is 3.31. The summed E-state index contributed by atoms with van der Waals surface area (Å²) in [5.74, 6) is 0.498. The molecular formula is C23H25N3O4S3. The minimum atomic E-state index is -3.06. The summed E-state index contributed by atoms with van der Waals surface area (Å²) >= 11 is 2.80. The smallest absolute Gasteiger partial charge is 0.267 e. The number of aryl methyl sites for hydroxylation is 1. The molecule has 3 aromatic rings. The molecule has 1 aliphatic carbocycles. The predicted molar refractivity (Wildman–Crippen MR) is 132 cm³/mol. The summed E-state index contributed by atoms with van der Waals surface area (Å²) in [6.45, 7) is 2.23. The van der Waals surface area contributed by atoms with E-state index in [1.807, 2.05) is 30.3 Å². The second-order valence-corrected chi connectivity index (χ2v) is 13.1. The van der Waals surface area contributed by atoms with Crippen LogP contribution in [0.25, 0.3) is 15.9 Å². The first-order valence-electron chi connectivity index (χ1n) is 11.1. The van der Waals surface area contributed by atoms with Gasteiger partial charge in [0.2, 0.25) is 5.91 Å². The van der Waals surface area contributed by atoms with Crippen LogP contribution in [0.1, 0.15) is 30.2 Å². The molecule has 1 aromatic carbocycles. The van der Waals surface area contributed by atoms with Crippen LogP contribution in [-0.2, 0) is 27.5 Å². The standard InChI is InChI=1S/C23H25N3O4S3/c1-14-7-8-17-18(11-14)32-21-20(17)22(28)26(16-5-3-2-4-6-16)23(25-21)31-12-19(27)24-15-9-10-33(29,30)13-15/h2-6,14-15H,7-13H2,1H3,(H,24,27)/t14-,15-/m0/s1. The molecule has 0 bridgehead atoms. The summed E-state index contributed by atoms with van der Waals surface area (Å²) in [7, 11) is -3.06. The summed E-state index contributed by atoms with van der Waals surface area (Å²) in [5, 5.41) is 3.99. The van der Waals surface area contributed by atoms with Crippen molar-refractivity contribution in [3.8, 4) is 5.69 Å². The van der Waals surface area contributed by atoms with Gasteiger partial charge in [0.15, 0.2) is 15.0 Å². The Morgan fingerprint density at radius 1 is 1.27 bits per heavy atom. The first-order valence-corrected chi connectivity index (χ1v) is 14.7. The van der Waals surface area contributed by atoms with E-state index in [1.54, 1.807) is 15.9 Å². The van der Waals surface area contributed by atoms with E-state index in [0.29, 0.717) is 28.6 Å². The lowest BCUT2D eigenvalue weighted by atomic mass is 9.89. The van der Waals surface area contributed by atoms with E-state index >= 15 is 0 Å². The van der Waals surface area contributed by atoms with E-state index in [4.69, 9.17) is 4.98 Å². The molecule has 2 aliphatic rings. The molecule has 1 fully saturated rings. The van der Waals surface area contributed by atoms with Crippen molar-refractivity contribution in [3.63, 3.8) is 0 Å². The van der Waals surface area contributed by atoms with Crippen LogP contribution in [0.5, 0.6) is 0 Å². The highest BCUT2D eigenvalue weighted by atomic mass is 32.2. The first kappa shape index (κ1) is 22.6. The van der Waals surface area contributed by atoms with Crippen molar-refractivity contribution in [1.82, 2.24) is 14.9 Å². The molecule has 5 rings (SSSR count). The zero-order valence-corrected chi connectivity index (χ0v) is 20.7. The number of nitrogens with one attached hydrogen (secondary N) is 1. The van der Waals surface area contributed by atoms with E-state index in [-0.39, 0.29) is 34.8 Å². The van der Waals surface area contributed by atoms with Gasteiger partial charge in [0.1, 0.15) is 4.83 Å². The van der Waals surface area contributed by atoms with Gasteiger partial charge in [-0.2, -0.15) is 0 Å². The third-order valence-corrected chi connectivity index (χ3v) is 10.1. The predicted octanol–water partition coefficient (Wildman–Crippen LogP) is 2.97. The molecule has 0 saturated carbocycles. The van der Waals surface area contributed by atoms with Crippen LogP contribution in [0.4, 0.5) is 0 Å². The number of nitrogens with zero attached hydrogens (tertiary/aromatic N) is 2. The van der Waals surface area contributed by atoms with Gasteiger partial charge >= 0.3 is 0 Å². The zero-order chi connectivity index (χ0) is 23.2. The van der Waals surface area contributed by atoms with Crippen LogP contribution >= 0.6 is 23.1 Å². The van der Waals surface area contributed by atoms with Crippen LogP contribution in [-0.4, -0.2) is 47.2 Å². The molecule has 1 saturated heterocycles. The van der Waals surface area contributed by atoms with Crippen LogP contribution in [0.3, 0.4) is 0 Å². The van der Waals surface area contributed by atoms with Gasteiger partial charge in [0.25, 0.3) is 5.56 Å². The number of carbonyl (C=O) groups is 1. The molecule has 0 spiro atoms.